The Morgan fingerprint density at radius 3 is 2.70 bits per heavy atom. The summed E-state index contributed by atoms with van der Waals surface area (Å²) in [5, 5.41) is 18.1. The number of carbonyl (C=O) groups excluding carboxylic acids is 1. The molecule has 1 amide bonds. The number of benzene rings is 2. The van der Waals surface area contributed by atoms with Crippen LogP contribution < -0.4 is 20.1 Å². The van der Waals surface area contributed by atoms with Gasteiger partial charge in [0.2, 0.25) is 15.9 Å². The summed E-state index contributed by atoms with van der Waals surface area (Å²) in [7, 11) is -3.61. The number of amides is 1. The summed E-state index contributed by atoms with van der Waals surface area (Å²) in [5.74, 6) is -0.0428. The number of nitrogens with one attached hydrogen (secondary N) is 1. The van der Waals surface area contributed by atoms with Gasteiger partial charge in [0.05, 0.1) is 23.6 Å². The third-order valence-electron chi connectivity index (χ3n) is 8.76. The molecule has 1 heterocycles. The third-order valence-corrected chi connectivity index (χ3v) is 9.77. The number of primary sulfonamides is 1. The van der Waals surface area contributed by atoms with Gasteiger partial charge in [0.15, 0.2) is 0 Å². The van der Waals surface area contributed by atoms with Crippen molar-refractivity contribution in [2.75, 3.05) is 36.9 Å². The van der Waals surface area contributed by atoms with E-state index in [1.54, 1.807) is 18.2 Å². The van der Waals surface area contributed by atoms with Crippen LogP contribution in [0, 0.1) is 11.8 Å². The molecule has 0 unspecified atom stereocenters. The highest BCUT2D eigenvalue weighted by Gasteiger charge is 2.43. The average Bonchev–Trinajstić information content (AvgIpc) is 3.03. The van der Waals surface area contributed by atoms with Gasteiger partial charge in [0.1, 0.15) is 5.75 Å². The van der Waals surface area contributed by atoms with Crippen LogP contribution in [0.4, 0.5) is 5.69 Å². The van der Waals surface area contributed by atoms with E-state index in [9.17, 15) is 23.1 Å². The van der Waals surface area contributed by atoms with E-state index < -0.39 is 16.0 Å². The highest BCUT2D eigenvalue weighted by molar-refractivity contribution is 7.89. The minimum Gasteiger partial charge on any atom is -0.490 e. The van der Waals surface area contributed by atoms with Gasteiger partial charge in [-0.25, -0.2) is 18.4 Å². The van der Waals surface area contributed by atoms with E-state index in [1.165, 1.54) is 11.1 Å². The van der Waals surface area contributed by atoms with E-state index in [2.05, 4.69) is 22.3 Å². The van der Waals surface area contributed by atoms with Crippen molar-refractivity contribution in [1.82, 2.24) is 5.32 Å². The summed E-state index contributed by atoms with van der Waals surface area (Å²) in [4.78, 5) is 26.4. The number of rotatable bonds is 9. The topological polar surface area (TPSA) is 139 Å². The Hall–Kier alpha value is -2.82. The lowest BCUT2D eigenvalue weighted by Crippen LogP contribution is -2.48. The van der Waals surface area contributed by atoms with Gasteiger partial charge in [0.25, 0.3) is 0 Å². The number of carbonyl (C=O) groups is 2. The molecule has 2 aromatic rings. The molecule has 9 nitrogen and oxygen atoms in total. The first-order valence-corrected chi connectivity index (χ1v) is 15.9. The zero-order valence-corrected chi connectivity index (χ0v) is 24.0. The van der Waals surface area contributed by atoms with Gasteiger partial charge in [-0.05, 0) is 91.8 Å². The molecule has 4 N–H and O–H groups in total. The first kappa shape index (κ1) is 28.7. The second kappa shape index (κ2) is 11.6. The summed E-state index contributed by atoms with van der Waals surface area (Å²) in [6.45, 7) is 1.96. The van der Waals surface area contributed by atoms with Gasteiger partial charge in [-0.1, -0.05) is 17.7 Å². The minimum atomic E-state index is -3.61. The lowest BCUT2D eigenvalue weighted by molar-refractivity contribution is -0.121. The second-order valence-corrected chi connectivity index (χ2v) is 13.6. The Labute approximate surface area is 240 Å². The Kier molecular flexibility index (Phi) is 8.31. The van der Waals surface area contributed by atoms with Crippen LogP contribution in [-0.4, -0.2) is 57.4 Å². The minimum absolute atomic E-state index is 0.0109. The van der Waals surface area contributed by atoms with Crippen molar-refractivity contribution in [2.45, 2.75) is 50.4 Å². The van der Waals surface area contributed by atoms with Gasteiger partial charge >= 0.3 is 5.97 Å². The molecule has 11 heteroatoms. The number of nitrogens with zero attached hydrogens (tertiary/aromatic N) is 1. The molecule has 5 rings (SSSR count). The zero-order chi connectivity index (χ0) is 28.5. The van der Waals surface area contributed by atoms with Crippen molar-refractivity contribution >= 4 is 39.2 Å². The van der Waals surface area contributed by atoms with Gasteiger partial charge < -0.3 is 20.1 Å². The molecule has 1 spiro atoms. The number of hydrogen-bond acceptors (Lipinski definition) is 6. The predicted molar refractivity (Wildman–Crippen MR) is 154 cm³/mol. The predicted octanol–water partition coefficient (Wildman–Crippen LogP) is 3.72. The molecule has 1 aliphatic heterocycles. The van der Waals surface area contributed by atoms with Crippen molar-refractivity contribution < 1.29 is 27.9 Å². The summed E-state index contributed by atoms with van der Waals surface area (Å²) in [5.41, 5.74) is 3.27. The Morgan fingerprint density at radius 2 is 1.98 bits per heavy atom. The van der Waals surface area contributed by atoms with Crippen LogP contribution in [0.2, 0.25) is 5.02 Å². The summed E-state index contributed by atoms with van der Waals surface area (Å²) in [6, 6.07) is 11.2. The van der Waals surface area contributed by atoms with E-state index in [-0.39, 0.29) is 29.2 Å². The molecule has 216 valence electrons. The molecule has 3 aliphatic rings. The van der Waals surface area contributed by atoms with E-state index in [4.69, 9.17) is 21.5 Å². The number of ether oxygens (including phenoxy) is 1. The summed E-state index contributed by atoms with van der Waals surface area (Å²) < 4.78 is 28.6. The molecule has 1 fully saturated rings. The van der Waals surface area contributed by atoms with Crippen LogP contribution in [0.25, 0.3) is 0 Å². The fourth-order valence-corrected chi connectivity index (χ4v) is 7.11. The number of carboxylic acids is 1. The van der Waals surface area contributed by atoms with E-state index >= 15 is 0 Å². The van der Waals surface area contributed by atoms with E-state index in [1.807, 2.05) is 6.07 Å². The molecule has 0 radical (unpaired) electrons. The quantitative estimate of drug-likeness (QED) is 0.405. The lowest BCUT2D eigenvalue weighted by atomic mass is 9.69. The van der Waals surface area contributed by atoms with Crippen molar-refractivity contribution in [1.29, 1.82) is 0 Å². The Balaban J connectivity index is 1.34. The molecular formula is C29H36ClN3O6S. The van der Waals surface area contributed by atoms with Crippen LogP contribution in [0.15, 0.2) is 36.4 Å². The van der Waals surface area contributed by atoms with Crippen molar-refractivity contribution in [3.05, 3.63) is 58.1 Å². The van der Waals surface area contributed by atoms with Gasteiger partial charge in [-0.15, -0.1) is 0 Å². The van der Waals surface area contributed by atoms with E-state index in [0.29, 0.717) is 43.6 Å². The molecule has 3 atom stereocenters. The lowest BCUT2D eigenvalue weighted by Gasteiger charge is -2.44. The summed E-state index contributed by atoms with van der Waals surface area (Å²) in [6.07, 6.45) is 6.05. The zero-order valence-electron chi connectivity index (χ0n) is 22.4. The maximum atomic E-state index is 12.3. The van der Waals surface area contributed by atoms with Gasteiger partial charge in [0, 0.05) is 36.5 Å². The largest absolute Gasteiger partial charge is 0.490 e. The van der Waals surface area contributed by atoms with Crippen LogP contribution >= 0.6 is 11.6 Å². The van der Waals surface area contributed by atoms with Crippen LogP contribution in [0.3, 0.4) is 0 Å². The standard InChI is InChI=1S/C29H36ClN3O6S/c30-23-7-8-24-20(14-23)2-1-11-29(24)17-33(25-15-21(28(35)36)5-9-26(25)39-18-29)16-22-4-3-19(22)6-10-27(34)32-12-13-40(31,37)38/h5,7-9,14-15,19,22H,1-4,6,10-13,16-18H2,(H,32,34)(H,35,36)(H2,31,37,38)/t19-,22-,29-/m0/s1. The maximum absolute atomic E-state index is 12.3. The molecule has 1 saturated carbocycles. The van der Waals surface area contributed by atoms with Crippen molar-refractivity contribution in [3.8, 4) is 5.75 Å². The Bertz CT molecular complexity index is 1400. The Morgan fingerprint density at radius 1 is 1.18 bits per heavy atom. The maximum Gasteiger partial charge on any atom is 0.335 e. The number of anilines is 1. The van der Waals surface area contributed by atoms with Crippen LogP contribution in [-0.2, 0) is 26.7 Å². The monoisotopic (exact) mass is 589 g/mol. The molecule has 0 saturated heterocycles. The SMILES string of the molecule is NS(=O)(=O)CCNC(=O)CC[C@@H]1CC[C@H]1CN1C[C@@]2(CCCc3cc(Cl)ccc32)COc2ccc(C(=O)O)cc21. The van der Waals surface area contributed by atoms with Gasteiger partial charge in [-0.3, -0.25) is 4.79 Å². The summed E-state index contributed by atoms with van der Waals surface area (Å²) >= 11 is 6.34. The van der Waals surface area contributed by atoms with Gasteiger partial charge in [-0.2, -0.15) is 0 Å². The molecule has 2 aromatic carbocycles. The number of nitrogens with two attached hydrogens (primary N) is 1. The second-order valence-electron chi connectivity index (χ2n) is 11.4. The highest BCUT2D eigenvalue weighted by atomic mass is 35.5. The van der Waals surface area contributed by atoms with Crippen LogP contribution in [0.5, 0.6) is 5.75 Å². The van der Waals surface area contributed by atoms with Crippen LogP contribution in [0.1, 0.15) is 60.0 Å². The number of fused-ring (bicyclic) bond motifs is 3. The highest BCUT2D eigenvalue weighted by Crippen LogP contribution is 2.46. The molecule has 2 aliphatic carbocycles. The van der Waals surface area contributed by atoms with E-state index in [0.717, 1.165) is 49.4 Å². The van der Waals surface area contributed by atoms with Crippen molar-refractivity contribution in [3.63, 3.8) is 0 Å². The first-order valence-electron chi connectivity index (χ1n) is 13.8. The number of aryl methyl sites for hydroxylation is 1. The van der Waals surface area contributed by atoms with Crippen molar-refractivity contribution in [2.24, 2.45) is 17.0 Å². The number of hydrogen-bond donors (Lipinski definition) is 3. The molecule has 40 heavy (non-hydrogen) atoms. The average molecular weight is 590 g/mol. The normalized spacial score (nSPS) is 23.8. The molecule has 0 bridgehead atoms. The fourth-order valence-electron chi connectivity index (χ4n) is 6.53. The number of aromatic carboxylic acids is 1. The smallest absolute Gasteiger partial charge is 0.335 e. The molecular weight excluding hydrogens is 554 g/mol. The molecule has 0 aromatic heterocycles. The number of sulfonamides is 1. The fraction of sp³-hybridized carbons (Fsp3) is 0.517. The first-order chi connectivity index (χ1) is 19.0. The number of halogens is 1. The third kappa shape index (κ3) is 6.39. The number of carboxylic acid groups (broad SMARTS) is 1.